The molecule has 0 heterocycles. The third-order valence-electron chi connectivity index (χ3n) is 10.6. The van der Waals surface area contributed by atoms with Crippen molar-refractivity contribution in [3.05, 3.63) is 117 Å². The Kier molecular flexibility index (Phi) is 43.4. The monoisotopic (exact) mass is 1170 g/mol. The third kappa shape index (κ3) is 29.6. The number of carbonyl (C=O) groups excluding carboxylic acids is 9. The number of phenolic OH excluding ortho intramolecular Hbond substituents is 1. The molecule has 0 radical (unpaired) electrons. The molecule has 0 aliphatic heterocycles. The molecular formula is C59H80O24. The first kappa shape index (κ1) is 76.5. The van der Waals surface area contributed by atoms with E-state index in [4.69, 9.17) is 29.5 Å². The van der Waals surface area contributed by atoms with E-state index < -0.39 is 47.8 Å². The van der Waals surface area contributed by atoms with Crippen molar-refractivity contribution < 1.29 is 116 Å². The molecule has 4 rings (SSSR count). The molecule has 0 spiro atoms. The Bertz CT molecular complexity index is 2500. The quantitative estimate of drug-likeness (QED) is 0.0203. The summed E-state index contributed by atoms with van der Waals surface area (Å²) >= 11 is 0. The molecule has 0 saturated carbocycles. The van der Waals surface area contributed by atoms with Crippen molar-refractivity contribution in [3.63, 3.8) is 0 Å². The summed E-state index contributed by atoms with van der Waals surface area (Å²) < 4.78 is 53.1. The number of hydrogen-bond acceptors (Lipinski definition) is 24. The maximum absolute atomic E-state index is 11.7. The van der Waals surface area contributed by atoms with Gasteiger partial charge in [-0.15, -0.1) is 0 Å². The second-order valence-corrected chi connectivity index (χ2v) is 16.2. The summed E-state index contributed by atoms with van der Waals surface area (Å²) in [5.41, 5.74) is 0.756. The number of methoxy groups -OCH3 is 8. The summed E-state index contributed by atoms with van der Waals surface area (Å²) in [5, 5.41) is 33.0. The van der Waals surface area contributed by atoms with E-state index in [0.29, 0.717) is 69.4 Å². The maximum Gasteiger partial charge on any atom is 0.338 e. The van der Waals surface area contributed by atoms with Gasteiger partial charge in [-0.2, -0.15) is 0 Å². The Balaban J connectivity index is 0. The number of rotatable bonds is 26. The van der Waals surface area contributed by atoms with Gasteiger partial charge in [0.05, 0.1) is 121 Å². The molecule has 0 saturated heterocycles. The van der Waals surface area contributed by atoms with Gasteiger partial charge >= 0.3 is 47.8 Å². The van der Waals surface area contributed by atoms with E-state index in [2.05, 4.69) is 51.7 Å². The second kappa shape index (κ2) is 47.1. The lowest BCUT2D eigenvalue weighted by atomic mass is 10.1. The van der Waals surface area contributed by atoms with Crippen molar-refractivity contribution in [1.29, 1.82) is 0 Å². The van der Waals surface area contributed by atoms with E-state index in [1.165, 1.54) is 112 Å². The number of hydrogen-bond donors (Lipinski definition) is 4. The fourth-order valence-electron chi connectivity index (χ4n) is 6.30. The molecule has 24 nitrogen and oxygen atoms in total. The average molecular weight is 1170 g/mol. The van der Waals surface area contributed by atoms with Crippen LogP contribution in [-0.2, 0) is 42.7 Å². The fraction of sp³-hybridized carbons (Fsp3) is 0.441. The summed E-state index contributed by atoms with van der Waals surface area (Å²) in [7, 11) is 10.8. The summed E-state index contributed by atoms with van der Waals surface area (Å²) in [5.74, 6) is -3.77. The molecule has 0 aliphatic carbocycles. The molecule has 24 heteroatoms. The number of aldehydes is 1. The predicted molar refractivity (Wildman–Crippen MR) is 301 cm³/mol. The van der Waals surface area contributed by atoms with E-state index >= 15 is 0 Å². The second-order valence-electron chi connectivity index (χ2n) is 16.2. The first-order valence-electron chi connectivity index (χ1n) is 25.8. The van der Waals surface area contributed by atoms with Crippen molar-refractivity contribution in [2.24, 2.45) is 0 Å². The molecule has 0 atom stereocenters. The van der Waals surface area contributed by atoms with Gasteiger partial charge < -0.3 is 77.3 Å². The summed E-state index contributed by atoms with van der Waals surface area (Å²) in [4.78, 5) is 102. The molecule has 83 heavy (non-hydrogen) atoms. The standard InChI is InChI=1S/C15H20O5.C14H18O6.C14H16O6.C10H10O5.C5H12O.CH4O/c1-4-5-6-9-20-11-7-8-12(14(16)18-2)13(10-11)15(17)19-3;2*1-18-13(16)11-6-5-10(20-8-4-3-7-15)9-12(11)14(17)19-2;1-14-9(12)7-4-3-6(11)5-8(7)10(13)15-2;1-2-3-4-5-6;1-2/h7-8,10H,4-6,9H2,1-3H3;5-6,9,15H,3-4,7-8H2,1-2H3;5-7,9H,3-4,8H2,1-2H3;3-5,11H,1-2H3;6H,2-5H2,1H3;2H,1H3. The van der Waals surface area contributed by atoms with Crippen LogP contribution in [0.4, 0.5) is 0 Å². The highest BCUT2D eigenvalue weighted by atomic mass is 16.6. The average Bonchev–Trinajstić information content (AvgIpc) is 3.63. The highest BCUT2D eigenvalue weighted by molar-refractivity contribution is 6.05. The van der Waals surface area contributed by atoms with Crippen molar-refractivity contribution >= 4 is 54.0 Å². The van der Waals surface area contributed by atoms with Gasteiger partial charge in [0.1, 0.15) is 29.3 Å². The van der Waals surface area contributed by atoms with Crippen LogP contribution in [0, 0.1) is 0 Å². The van der Waals surface area contributed by atoms with E-state index in [0.717, 1.165) is 51.6 Å². The molecule has 0 aromatic heterocycles. The van der Waals surface area contributed by atoms with Crippen LogP contribution < -0.4 is 14.2 Å². The van der Waals surface area contributed by atoms with Crippen LogP contribution in [0.15, 0.2) is 72.8 Å². The first-order chi connectivity index (χ1) is 39.9. The smallest absolute Gasteiger partial charge is 0.338 e. The van der Waals surface area contributed by atoms with E-state index in [-0.39, 0.29) is 56.9 Å². The van der Waals surface area contributed by atoms with Gasteiger partial charge in [-0.3, -0.25) is 0 Å². The molecule has 0 unspecified atom stereocenters. The molecular weight excluding hydrogens is 1090 g/mol. The molecule has 0 amide bonds. The number of aliphatic hydroxyl groups excluding tert-OH is 3. The summed E-state index contributed by atoms with van der Waals surface area (Å²) in [6.07, 6.45) is 9.61. The van der Waals surface area contributed by atoms with Crippen LogP contribution >= 0.6 is 0 Å². The molecule has 4 N–H and O–H groups in total. The number of aromatic hydroxyl groups is 1. The highest BCUT2D eigenvalue weighted by Crippen LogP contribution is 2.23. The number of phenols is 1. The van der Waals surface area contributed by atoms with Gasteiger partial charge in [0.15, 0.2) is 0 Å². The van der Waals surface area contributed by atoms with Crippen molar-refractivity contribution in [1.82, 2.24) is 0 Å². The maximum atomic E-state index is 11.7. The minimum Gasteiger partial charge on any atom is -0.508 e. The Morgan fingerprint density at radius 2 is 0.614 bits per heavy atom. The highest BCUT2D eigenvalue weighted by Gasteiger charge is 2.22. The molecule has 0 fully saturated rings. The Morgan fingerprint density at radius 1 is 0.361 bits per heavy atom. The van der Waals surface area contributed by atoms with Gasteiger partial charge in [-0.25, -0.2) is 38.4 Å². The predicted octanol–water partition coefficient (Wildman–Crippen LogP) is 7.60. The van der Waals surface area contributed by atoms with Crippen molar-refractivity contribution in [3.8, 4) is 23.0 Å². The van der Waals surface area contributed by atoms with Gasteiger partial charge in [0, 0.05) is 26.7 Å². The molecule has 0 aliphatic rings. The van der Waals surface area contributed by atoms with Crippen LogP contribution in [0.5, 0.6) is 23.0 Å². The summed E-state index contributed by atoms with van der Waals surface area (Å²) in [6, 6.07) is 17.3. The third-order valence-corrected chi connectivity index (χ3v) is 10.6. The number of ether oxygens (including phenoxy) is 11. The normalized spacial score (nSPS) is 9.57. The Labute approximate surface area is 483 Å². The number of aliphatic hydroxyl groups is 3. The topological polar surface area (TPSA) is 336 Å². The van der Waals surface area contributed by atoms with Crippen LogP contribution in [-0.4, -0.2) is 171 Å². The zero-order chi connectivity index (χ0) is 63.1. The molecule has 460 valence electrons. The van der Waals surface area contributed by atoms with Gasteiger partial charge in [0.25, 0.3) is 0 Å². The minimum absolute atomic E-state index is 0.0237. The van der Waals surface area contributed by atoms with Gasteiger partial charge in [-0.05, 0) is 105 Å². The number of esters is 8. The lowest BCUT2D eigenvalue weighted by Gasteiger charge is -2.10. The number of carbonyl (C=O) groups is 9. The van der Waals surface area contributed by atoms with Gasteiger partial charge in [0.2, 0.25) is 0 Å². The van der Waals surface area contributed by atoms with Crippen LogP contribution in [0.1, 0.15) is 161 Å². The zero-order valence-electron chi connectivity index (χ0n) is 49.1. The Hall–Kier alpha value is -8.61. The summed E-state index contributed by atoms with van der Waals surface area (Å²) in [6.45, 7) is 6.03. The molecule has 4 aromatic carbocycles. The van der Waals surface area contributed by atoms with Crippen molar-refractivity contribution in [2.45, 2.75) is 78.1 Å². The van der Waals surface area contributed by atoms with Crippen LogP contribution in [0.2, 0.25) is 0 Å². The fourth-order valence-corrected chi connectivity index (χ4v) is 6.30. The molecule has 4 aromatic rings. The first-order valence-corrected chi connectivity index (χ1v) is 25.8. The number of unbranched alkanes of at least 4 members (excludes halogenated alkanes) is 6. The van der Waals surface area contributed by atoms with Gasteiger partial charge in [-0.1, -0.05) is 39.5 Å². The van der Waals surface area contributed by atoms with E-state index in [1.54, 1.807) is 18.2 Å². The SMILES string of the molecule is CCCCCO.CCCCCOc1ccc(C(=O)OC)c(C(=O)OC)c1.CO.COC(=O)c1ccc(O)cc1C(=O)OC.COC(=O)c1ccc(OCCCC=O)cc1C(=O)OC.COC(=O)c1ccc(OCCCCO)cc1C(=O)OC. The molecule has 0 bridgehead atoms. The van der Waals surface area contributed by atoms with E-state index in [1.807, 2.05) is 0 Å². The van der Waals surface area contributed by atoms with Crippen LogP contribution in [0.25, 0.3) is 0 Å². The Morgan fingerprint density at radius 3 is 0.892 bits per heavy atom. The lowest BCUT2D eigenvalue weighted by molar-refractivity contribution is -0.108. The minimum atomic E-state index is -0.702. The van der Waals surface area contributed by atoms with E-state index in [9.17, 15) is 48.3 Å². The lowest BCUT2D eigenvalue weighted by Crippen LogP contribution is -2.12. The zero-order valence-corrected chi connectivity index (χ0v) is 49.1. The van der Waals surface area contributed by atoms with Crippen molar-refractivity contribution in [2.75, 3.05) is 97.0 Å². The van der Waals surface area contributed by atoms with Crippen LogP contribution in [0.3, 0.4) is 0 Å². The largest absolute Gasteiger partial charge is 0.508 e. The number of benzene rings is 4.